The summed E-state index contributed by atoms with van der Waals surface area (Å²) in [5, 5.41) is 4.05. The first-order chi connectivity index (χ1) is 9.06. The highest BCUT2D eigenvalue weighted by atomic mass is 35.5. The van der Waals surface area contributed by atoms with Gasteiger partial charge >= 0.3 is 0 Å². The maximum atomic E-state index is 11.4. The van der Waals surface area contributed by atoms with Crippen molar-refractivity contribution < 1.29 is 4.21 Å². The van der Waals surface area contributed by atoms with Gasteiger partial charge in [-0.2, -0.15) is 0 Å². The third kappa shape index (κ3) is 4.16. The molecule has 0 spiro atoms. The number of hydrogen-bond donors (Lipinski definition) is 1. The lowest BCUT2D eigenvalue weighted by Gasteiger charge is -2.27. The SMILES string of the molecule is CC(C)NCc1cc(N2CCS(=O)CC2)ncc1Cl. The van der Waals surface area contributed by atoms with Crippen LogP contribution in [0.2, 0.25) is 5.02 Å². The van der Waals surface area contributed by atoms with E-state index in [0.717, 1.165) is 42.5 Å². The minimum atomic E-state index is -0.662. The van der Waals surface area contributed by atoms with E-state index in [4.69, 9.17) is 11.6 Å². The Bertz CT molecular complexity index is 457. The van der Waals surface area contributed by atoms with Gasteiger partial charge in [-0.25, -0.2) is 4.98 Å². The molecule has 0 aromatic carbocycles. The lowest BCUT2D eigenvalue weighted by molar-refractivity contribution is 0.588. The van der Waals surface area contributed by atoms with Crippen molar-refractivity contribution in [3.8, 4) is 0 Å². The minimum absolute atomic E-state index is 0.421. The maximum Gasteiger partial charge on any atom is 0.128 e. The van der Waals surface area contributed by atoms with Crippen molar-refractivity contribution in [3.05, 3.63) is 22.8 Å². The molecule has 0 radical (unpaired) electrons. The van der Waals surface area contributed by atoms with E-state index in [1.807, 2.05) is 6.07 Å². The summed E-state index contributed by atoms with van der Waals surface area (Å²) in [5.74, 6) is 2.38. The number of pyridine rings is 1. The molecular formula is C13H20ClN3OS. The predicted molar refractivity (Wildman–Crippen MR) is 81.3 cm³/mol. The molecule has 19 heavy (non-hydrogen) atoms. The van der Waals surface area contributed by atoms with Crippen molar-refractivity contribution in [2.75, 3.05) is 29.5 Å². The fourth-order valence-corrected chi connectivity index (χ4v) is 3.18. The molecule has 1 fully saturated rings. The van der Waals surface area contributed by atoms with Crippen LogP contribution in [0.1, 0.15) is 19.4 Å². The van der Waals surface area contributed by atoms with Crippen LogP contribution >= 0.6 is 11.6 Å². The standard InChI is InChI=1S/C13H20ClN3OS/c1-10(2)15-8-11-7-13(16-9-12(11)14)17-3-5-19(18)6-4-17/h7,9-10,15H,3-6,8H2,1-2H3. The molecule has 0 bridgehead atoms. The van der Waals surface area contributed by atoms with Gasteiger partial charge in [0.15, 0.2) is 0 Å². The van der Waals surface area contributed by atoms with Crippen molar-refractivity contribution in [2.24, 2.45) is 0 Å². The van der Waals surface area contributed by atoms with E-state index in [-0.39, 0.29) is 0 Å². The second kappa shape index (κ2) is 6.68. The summed E-state index contributed by atoms with van der Waals surface area (Å²) in [6.45, 7) is 6.56. The highest BCUT2D eigenvalue weighted by Crippen LogP contribution is 2.21. The molecule has 2 rings (SSSR count). The van der Waals surface area contributed by atoms with E-state index < -0.39 is 10.8 Å². The maximum absolute atomic E-state index is 11.4. The first-order valence-corrected chi connectivity index (χ1v) is 8.40. The van der Waals surface area contributed by atoms with Gasteiger partial charge in [-0.3, -0.25) is 4.21 Å². The molecular weight excluding hydrogens is 282 g/mol. The molecule has 106 valence electrons. The average Bonchev–Trinajstić information content (AvgIpc) is 2.39. The average molecular weight is 302 g/mol. The molecule has 0 atom stereocenters. The van der Waals surface area contributed by atoms with Crippen LogP contribution in [0.15, 0.2) is 12.3 Å². The molecule has 1 aromatic heterocycles. The number of nitrogens with one attached hydrogen (secondary N) is 1. The fourth-order valence-electron chi connectivity index (χ4n) is 1.96. The molecule has 0 unspecified atom stereocenters. The Morgan fingerprint density at radius 3 is 2.79 bits per heavy atom. The highest BCUT2D eigenvalue weighted by Gasteiger charge is 2.17. The van der Waals surface area contributed by atoms with E-state index in [1.165, 1.54) is 0 Å². The van der Waals surface area contributed by atoms with E-state index in [0.29, 0.717) is 11.1 Å². The van der Waals surface area contributed by atoms with Crippen molar-refractivity contribution in [2.45, 2.75) is 26.4 Å². The number of aromatic nitrogens is 1. The Kier molecular flexibility index (Phi) is 5.19. The zero-order chi connectivity index (χ0) is 13.8. The van der Waals surface area contributed by atoms with Crippen molar-refractivity contribution in [1.29, 1.82) is 0 Å². The van der Waals surface area contributed by atoms with Gasteiger partial charge in [-0.1, -0.05) is 25.4 Å². The normalized spacial score (nSPS) is 17.2. The van der Waals surface area contributed by atoms with Crippen LogP contribution in [0.4, 0.5) is 5.82 Å². The summed E-state index contributed by atoms with van der Waals surface area (Å²) in [6, 6.07) is 2.46. The Balaban J connectivity index is 2.09. The number of halogens is 1. The molecule has 2 heterocycles. The van der Waals surface area contributed by atoms with Crippen LogP contribution < -0.4 is 10.2 Å². The Morgan fingerprint density at radius 1 is 1.47 bits per heavy atom. The summed E-state index contributed by atoms with van der Waals surface area (Å²) in [5.41, 5.74) is 1.06. The van der Waals surface area contributed by atoms with Crippen molar-refractivity contribution in [3.63, 3.8) is 0 Å². The molecule has 6 heteroatoms. The summed E-state index contributed by atoms with van der Waals surface area (Å²) < 4.78 is 11.4. The molecule has 0 amide bonds. The topological polar surface area (TPSA) is 45.2 Å². The Hall–Kier alpha value is -0.650. The summed E-state index contributed by atoms with van der Waals surface area (Å²) in [7, 11) is -0.662. The molecule has 0 saturated carbocycles. The first-order valence-electron chi connectivity index (χ1n) is 6.54. The first kappa shape index (κ1) is 14.8. The Labute approximate surface area is 122 Å². The van der Waals surface area contributed by atoms with E-state index >= 15 is 0 Å². The molecule has 4 nitrogen and oxygen atoms in total. The van der Waals surface area contributed by atoms with Crippen LogP contribution in [0, 0.1) is 0 Å². The van der Waals surface area contributed by atoms with Gasteiger partial charge < -0.3 is 10.2 Å². The minimum Gasteiger partial charge on any atom is -0.355 e. The van der Waals surface area contributed by atoms with Gasteiger partial charge in [0.2, 0.25) is 0 Å². The lowest BCUT2D eigenvalue weighted by atomic mass is 10.2. The van der Waals surface area contributed by atoms with Gasteiger partial charge in [0.25, 0.3) is 0 Å². The molecule has 0 aliphatic carbocycles. The third-order valence-electron chi connectivity index (χ3n) is 3.12. The van der Waals surface area contributed by atoms with Crippen LogP contribution in [-0.2, 0) is 17.3 Å². The summed E-state index contributed by atoms with van der Waals surface area (Å²) in [4.78, 5) is 6.56. The smallest absolute Gasteiger partial charge is 0.128 e. The van der Waals surface area contributed by atoms with E-state index in [2.05, 4.69) is 29.0 Å². The second-order valence-electron chi connectivity index (χ2n) is 5.00. The van der Waals surface area contributed by atoms with Gasteiger partial charge in [0, 0.05) is 54.2 Å². The zero-order valence-electron chi connectivity index (χ0n) is 11.4. The summed E-state index contributed by atoms with van der Waals surface area (Å²) >= 11 is 6.17. The molecule has 1 aliphatic heterocycles. The van der Waals surface area contributed by atoms with Crippen molar-refractivity contribution in [1.82, 2.24) is 10.3 Å². The fraction of sp³-hybridized carbons (Fsp3) is 0.615. The largest absolute Gasteiger partial charge is 0.355 e. The van der Waals surface area contributed by atoms with Crippen molar-refractivity contribution >= 4 is 28.2 Å². The molecule has 1 aromatic rings. The van der Waals surface area contributed by atoms with Gasteiger partial charge in [-0.05, 0) is 11.6 Å². The monoisotopic (exact) mass is 301 g/mol. The number of rotatable bonds is 4. The van der Waals surface area contributed by atoms with E-state index in [1.54, 1.807) is 6.20 Å². The quantitative estimate of drug-likeness (QED) is 0.921. The third-order valence-corrected chi connectivity index (χ3v) is 4.74. The highest BCUT2D eigenvalue weighted by molar-refractivity contribution is 7.85. The molecule has 1 N–H and O–H groups in total. The zero-order valence-corrected chi connectivity index (χ0v) is 12.9. The van der Waals surface area contributed by atoms with Crippen LogP contribution in [-0.4, -0.2) is 39.8 Å². The van der Waals surface area contributed by atoms with Crippen LogP contribution in [0.3, 0.4) is 0 Å². The summed E-state index contributed by atoms with van der Waals surface area (Å²) in [6.07, 6.45) is 1.71. The number of anilines is 1. The second-order valence-corrected chi connectivity index (χ2v) is 7.11. The predicted octanol–water partition coefficient (Wildman–Crippen LogP) is 1.80. The number of nitrogens with zero attached hydrogens (tertiary/aromatic N) is 2. The van der Waals surface area contributed by atoms with Gasteiger partial charge in [-0.15, -0.1) is 0 Å². The van der Waals surface area contributed by atoms with Gasteiger partial charge in [0.05, 0.1) is 5.02 Å². The Morgan fingerprint density at radius 2 is 2.16 bits per heavy atom. The van der Waals surface area contributed by atoms with Gasteiger partial charge in [0.1, 0.15) is 5.82 Å². The van der Waals surface area contributed by atoms with Crippen LogP contribution in [0.25, 0.3) is 0 Å². The number of hydrogen-bond acceptors (Lipinski definition) is 4. The molecule has 1 aliphatic rings. The van der Waals surface area contributed by atoms with E-state index in [9.17, 15) is 4.21 Å². The lowest BCUT2D eigenvalue weighted by Crippen LogP contribution is -2.38. The van der Waals surface area contributed by atoms with Crippen LogP contribution in [0.5, 0.6) is 0 Å². The molecule has 1 saturated heterocycles.